The van der Waals surface area contributed by atoms with Crippen LogP contribution >= 0.6 is 0 Å². The summed E-state index contributed by atoms with van der Waals surface area (Å²) >= 11 is 0. The van der Waals surface area contributed by atoms with Crippen molar-refractivity contribution in [3.8, 4) is 0 Å². The third-order valence-electron chi connectivity index (χ3n) is 1.44. The molecule has 0 aliphatic rings. The van der Waals surface area contributed by atoms with Crippen LogP contribution in [0.25, 0.3) is 0 Å². The number of hydrogen-bond acceptors (Lipinski definition) is 1. The fraction of sp³-hybridized carbons (Fsp3) is 1.00. The van der Waals surface area contributed by atoms with Gasteiger partial charge in [-0.15, -0.1) is 0 Å². The van der Waals surface area contributed by atoms with E-state index >= 15 is 0 Å². The fourth-order valence-corrected chi connectivity index (χ4v) is 0.841. The van der Waals surface area contributed by atoms with Crippen molar-refractivity contribution in [2.75, 3.05) is 6.61 Å². The van der Waals surface area contributed by atoms with Crippen LogP contribution in [0.5, 0.6) is 0 Å². The summed E-state index contributed by atoms with van der Waals surface area (Å²) in [5, 5.41) is 8.43. The van der Waals surface area contributed by atoms with Crippen molar-refractivity contribution in [1.82, 2.24) is 0 Å². The van der Waals surface area contributed by atoms with Crippen LogP contribution in [-0.2, 0) is 0 Å². The molecule has 0 spiro atoms. The average Bonchev–Trinajstić information content (AvgIpc) is 1.80. The molecule has 0 aromatic rings. The van der Waals surface area contributed by atoms with Crippen LogP contribution < -0.4 is 0 Å². The SMILES string of the molecule is CC(C)CCCCCO.[NaH]. The average molecular weight is 154 g/mol. The molecule has 0 aromatic heterocycles. The Labute approximate surface area is 86.5 Å². The van der Waals surface area contributed by atoms with Crippen molar-refractivity contribution in [3.63, 3.8) is 0 Å². The molecule has 0 saturated carbocycles. The molecule has 0 saturated heterocycles. The van der Waals surface area contributed by atoms with Crippen LogP contribution in [0.4, 0.5) is 0 Å². The minimum atomic E-state index is 0. The first kappa shape index (κ1) is 13.5. The molecule has 0 bridgehead atoms. The Morgan fingerprint density at radius 3 is 2.10 bits per heavy atom. The maximum atomic E-state index is 8.43. The molecule has 0 atom stereocenters. The van der Waals surface area contributed by atoms with Crippen molar-refractivity contribution in [1.29, 1.82) is 0 Å². The third-order valence-corrected chi connectivity index (χ3v) is 1.44. The van der Waals surface area contributed by atoms with Crippen molar-refractivity contribution in [2.24, 2.45) is 5.92 Å². The quantitative estimate of drug-likeness (QED) is 0.470. The predicted molar refractivity (Wildman–Crippen MR) is 47.5 cm³/mol. The molecule has 58 valence electrons. The third kappa shape index (κ3) is 11.7. The predicted octanol–water partition coefficient (Wildman–Crippen LogP) is 1.55. The van der Waals surface area contributed by atoms with Crippen LogP contribution in [-0.4, -0.2) is 41.3 Å². The summed E-state index contributed by atoms with van der Waals surface area (Å²) in [6.45, 7) is 4.83. The fourth-order valence-electron chi connectivity index (χ4n) is 0.841. The summed E-state index contributed by atoms with van der Waals surface area (Å²) in [6.07, 6.45) is 4.75. The number of hydrogen-bond donors (Lipinski definition) is 1. The van der Waals surface area contributed by atoms with E-state index < -0.39 is 0 Å². The van der Waals surface area contributed by atoms with Gasteiger partial charge in [-0.1, -0.05) is 33.1 Å². The van der Waals surface area contributed by atoms with Gasteiger partial charge in [-0.25, -0.2) is 0 Å². The normalized spacial score (nSPS) is 9.60. The van der Waals surface area contributed by atoms with E-state index in [1.807, 2.05) is 0 Å². The molecule has 0 aromatic carbocycles. The Hall–Kier alpha value is 0.960. The molecule has 1 N–H and O–H groups in total. The molecule has 0 amide bonds. The summed E-state index contributed by atoms with van der Waals surface area (Å²) in [5.74, 6) is 0.823. The topological polar surface area (TPSA) is 20.2 Å². The molecule has 0 heterocycles. The molecule has 10 heavy (non-hydrogen) atoms. The van der Waals surface area contributed by atoms with Gasteiger partial charge < -0.3 is 5.11 Å². The molecule has 2 heteroatoms. The zero-order valence-corrected chi connectivity index (χ0v) is 6.56. The van der Waals surface area contributed by atoms with E-state index in [1.54, 1.807) is 0 Å². The Bertz CT molecular complexity index is 55.2. The molecule has 0 unspecified atom stereocenters. The van der Waals surface area contributed by atoms with E-state index in [4.69, 9.17) is 5.11 Å². The molecule has 0 aliphatic carbocycles. The van der Waals surface area contributed by atoms with Gasteiger partial charge in [-0.3, -0.25) is 0 Å². The van der Waals surface area contributed by atoms with E-state index in [0.29, 0.717) is 6.61 Å². The molecular formula is C8H19NaO. The van der Waals surface area contributed by atoms with Gasteiger partial charge in [0.15, 0.2) is 0 Å². The van der Waals surface area contributed by atoms with Gasteiger partial charge in [0.1, 0.15) is 0 Å². The first-order chi connectivity index (χ1) is 4.27. The first-order valence-corrected chi connectivity index (χ1v) is 3.88. The van der Waals surface area contributed by atoms with E-state index in [2.05, 4.69) is 13.8 Å². The summed E-state index contributed by atoms with van der Waals surface area (Å²) in [5.41, 5.74) is 0. The summed E-state index contributed by atoms with van der Waals surface area (Å²) < 4.78 is 0. The summed E-state index contributed by atoms with van der Waals surface area (Å²) in [6, 6.07) is 0. The standard InChI is InChI=1S/C8H18O.Na.H/c1-8(2)6-4-3-5-7-9;;/h8-9H,3-7H2,1-2H3;;. The van der Waals surface area contributed by atoms with Crippen LogP contribution in [0.2, 0.25) is 0 Å². The molecule has 0 aliphatic heterocycles. The second-order valence-corrected chi connectivity index (χ2v) is 2.97. The minimum absolute atomic E-state index is 0. The van der Waals surface area contributed by atoms with E-state index in [-0.39, 0.29) is 29.6 Å². The van der Waals surface area contributed by atoms with Crippen LogP contribution in [0.3, 0.4) is 0 Å². The number of aliphatic hydroxyl groups excluding tert-OH is 1. The van der Waals surface area contributed by atoms with Crippen molar-refractivity contribution < 1.29 is 5.11 Å². The van der Waals surface area contributed by atoms with Gasteiger partial charge in [0.2, 0.25) is 0 Å². The van der Waals surface area contributed by atoms with Gasteiger partial charge in [-0.05, 0) is 12.3 Å². The van der Waals surface area contributed by atoms with Crippen LogP contribution in [0, 0.1) is 5.92 Å². The van der Waals surface area contributed by atoms with E-state index in [1.165, 1.54) is 19.3 Å². The molecule has 0 fully saturated rings. The zero-order valence-electron chi connectivity index (χ0n) is 6.56. The monoisotopic (exact) mass is 154 g/mol. The molecule has 0 rings (SSSR count). The Morgan fingerprint density at radius 1 is 1.10 bits per heavy atom. The van der Waals surface area contributed by atoms with Gasteiger partial charge in [-0.2, -0.15) is 0 Å². The Kier molecular flexibility index (Phi) is 13.5. The number of aliphatic hydroxyl groups is 1. The van der Waals surface area contributed by atoms with Crippen molar-refractivity contribution in [2.45, 2.75) is 39.5 Å². The second-order valence-electron chi connectivity index (χ2n) is 2.97. The van der Waals surface area contributed by atoms with Gasteiger partial charge in [0, 0.05) is 6.61 Å². The van der Waals surface area contributed by atoms with Gasteiger partial charge in [0.05, 0.1) is 0 Å². The zero-order chi connectivity index (χ0) is 7.11. The second kappa shape index (κ2) is 9.96. The summed E-state index contributed by atoms with van der Waals surface area (Å²) in [7, 11) is 0. The Morgan fingerprint density at radius 2 is 1.70 bits per heavy atom. The molecule has 1 nitrogen and oxygen atoms in total. The summed E-state index contributed by atoms with van der Waals surface area (Å²) in [4.78, 5) is 0. The van der Waals surface area contributed by atoms with Crippen molar-refractivity contribution in [3.05, 3.63) is 0 Å². The van der Waals surface area contributed by atoms with Crippen LogP contribution in [0.15, 0.2) is 0 Å². The van der Waals surface area contributed by atoms with E-state index in [0.717, 1.165) is 12.3 Å². The Balaban J connectivity index is 0. The number of unbranched alkanes of at least 4 members (excludes halogenated alkanes) is 2. The van der Waals surface area contributed by atoms with Crippen molar-refractivity contribution >= 4 is 29.6 Å². The van der Waals surface area contributed by atoms with E-state index in [9.17, 15) is 0 Å². The van der Waals surface area contributed by atoms with Gasteiger partial charge >= 0.3 is 29.6 Å². The van der Waals surface area contributed by atoms with Crippen LogP contribution in [0.1, 0.15) is 39.5 Å². The molecular weight excluding hydrogens is 135 g/mol. The maximum absolute atomic E-state index is 8.43. The molecule has 0 radical (unpaired) electrons. The number of rotatable bonds is 5. The van der Waals surface area contributed by atoms with Gasteiger partial charge in [0.25, 0.3) is 0 Å². The first-order valence-electron chi connectivity index (χ1n) is 3.88.